The summed E-state index contributed by atoms with van der Waals surface area (Å²) in [5.41, 5.74) is 1.25. The molecule has 0 bridgehead atoms. The Hall–Kier alpha value is -2.14. The number of rotatable bonds is 5. The lowest BCUT2D eigenvalue weighted by atomic mass is 9.98. The first-order valence-corrected chi connectivity index (χ1v) is 10.1. The molecule has 0 radical (unpaired) electrons. The van der Waals surface area contributed by atoms with Crippen LogP contribution in [-0.2, 0) is 27.9 Å². The summed E-state index contributed by atoms with van der Waals surface area (Å²) in [5, 5.41) is 14.4. The number of hydrogen-bond donors (Lipinski definition) is 2. The van der Waals surface area contributed by atoms with Gasteiger partial charge in [-0.15, -0.1) is 0 Å². The van der Waals surface area contributed by atoms with Gasteiger partial charge in [-0.05, 0) is 38.0 Å². The minimum absolute atomic E-state index is 0.0982. The van der Waals surface area contributed by atoms with Crippen LogP contribution in [0.5, 0.6) is 0 Å². The number of likely N-dealkylation sites (tertiary alicyclic amines) is 1. The molecule has 3 fully saturated rings. The van der Waals surface area contributed by atoms with Gasteiger partial charge in [-0.2, -0.15) is 18.3 Å². The fourth-order valence-electron chi connectivity index (χ4n) is 3.87. The average Bonchev–Trinajstić information content (AvgIpc) is 3.30. The first-order valence-electron chi connectivity index (χ1n) is 10.1. The number of fused-ring (bicyclic) bond motifs is 1. The van der Waals surface area contributed by atoms with Gasteiger partial charge in [-0.3, -0.25) is 14.4 Å². The number of ether oxygens (including phenoxy) is 1. The highest BCUT2D eigenvalue weighted by Crippen LogP contribution is 2.33. The number of carbonyl (C=O) groups is 2. The van der Waals surface area contributed by atoms with E-state index in [2.05, 4.69) is 21.5 Å². The molecule has 1 amide bonds. The Kier molecular flexibility index (Phi) is 7.02. The Morgan fingerprint density at radius 1 is 1.27 bits per heavy atom. The molecule has 3 aliphatic rings. The summed E-state index contributed by atoms with van der Waals surface area (Å²) >= 11 is 0. The number of carbonyl (C=O) groups excluding carboxylic acids is 1. The molecule has 4 rings (SSSR count). The summed E-state index contributed by atoms with van der Waals surface area (Å²) < 4.78 is 39.7. The molecule has 1 aliphatic carbocycles. The molecule has 3 heterocycles. The van der Waals surface area contributed by atoms with Gasteiger partial charge in [0.05, 0.1) is 12.3 Å². The molecule has 168 valence electrons. The van der Waals surface area contributed by atoms with Crippen molar-refractivity contribution in [3.05, 3.63) is 18.0 Å². The van der Waals surface area contributed by atoms with Crippen LogP contribution in [0.1, 0.15) is 37.7 Å². The van der Waals surface area contributed by atoms with E-state index in [9.17, 15) is 18.0 Å². The third kappa shape index (κ3) is 6.18. The van der Waals surface area contributed by atoms with Gasteiger partial charge in [0.25, 0.3) is 0 Å². The van der Waals surface area contributed by atoms with Gasteiger partial charge in [0.15, 0.2) is 0 Å². The van der Waals surface area contributed by atoms with Gasteiger partial charge in [-0.1, -0.05) is 0 Å². The van der Waals surface area contributed by atoms with Gasteiger partial charge in [0, 0.05) is 44.5 Å². The molecule has 30 heavy (non-hydrogen) atoms. The summed E-state index contributed by atoms with van der Waals surface area (Å²) in [6.45, 7) is 2.80. The van der Waals surface area contributed by atoms with Crippen LogP contribution < -0.4 is 5.32 Å². The molecular weight excluding hydrogens is 405 g/mol. The van der Waals surface area contributed by atoms with Crippen molar-refractivity contribution in [2.75, 3.05) is 13.1 Å². The van der Waals surface area contributed by atoms with E-state index in [-0.39, 0.29) is 18.1 Å². The molecule has 11 heteroatoms. The summed E-state index contributed by atoms with van der Waals surface area (Å²) in [7, 11) is 1.95. The van der Waals surface area contributed by atoms with Crippen molar-refractivity contribution in [1.82, 2.24) is 20.0 Å². The van der Waals surface area contributed by atoms with Crippen LogP contribution in [0.15, 0.2) is 12.4 Å². The quantitative estimate of drug-likeness (QED) is 0.735. The maximum Gasteiger partial charge on any atom is 0.490 e. The minimum Gasteiger partial charge on any atom is -0.475 e. The topological polar surface area (TPSA) is 96.7 Å². The van der Waals surface area contributed by atoms with Gasteiger partial charge in [0.1, 0.15) is 6.10 Å². The Balaban J connectivity index is 0.000000318. The number of amides is 1. The van der Waals surface area contributed by atoms with Gasteiger partial charge < -0.3 is 15.2 Å². The summed E-state index contributed by atoms with van der Waals surface area (Å²) in [4.78, 5) is 23.6. The third-order valence-electron chi connectivity index (χ3n) is 5.60. The zero-order chi connectivity index (χ0) is 21.9. The number of nitrogens with one attached hydrogen (secondary N) is 1. The molecule has 1 aromatic heterocycles. The van der Waals surface area contributed by atoms with Crippen molar-refractivity contribution in [2.24, 2.45) is 13.0 Å². The number of carboxylic acids is 1. The largest absolute Gasteiger partial charge is 0.490 e. The van der Waals surface area contributed by atoms with Crippen molar-refractivity contribution < 1.29 is 32.6 Å². The summed E-state index contributed by atoms with van der Waals surface area (Å²) in [6, 6.07) is 0.447. The van der Waals surface area contributed by atoms with Crippen molar-refractivity contribution in [2.45, 2.75) is 63.1 Å². The fourth-order valence-corrected chi connectivity index (χ4v) is 3.87. The number of halogens is 3. The molecule has 1 saturated carbocycles. The number of aryl methyl sites for hydroxylation is 1. The number of aliphatic carboxylic acids is 1. The number of carboxylic acid groups (broad SMARTS) is 1. The molecule has 0 unspecified atom stereocenters. The monoisotopic (exact) mass is 432 g/mol. The zero-order valence-electron chi connectivity index (χ0n) is 16.8. The standard InChI is InChI=1S/C17H26N4O2.C2HF3O2/c1-20-10-13(9-19-20)11-21-7-6-15-14(21)4-5-16(23-15)17(22)18-8-12-2-3-12;3-2(4,5)1(6)7/h9-10,12,14-16H,2-8,11H2,1H3,(H,18,22);(H,6,7)/t14-,15-,16+;/m1./s1. The molecule has 0 aromatic carbocycles. The van der Waals surface area contributed by atoms with Crippen LogP contribution in [0.25, 0.3) is 0 Å². The minimum atomic E-state index is -5.08. The van der Waals surface area contributed by atoms with Crippen LogP contribution in [0.3, 0.4) is 0 Å². The lowest BCUT2D eigenvalue weighted by Gasteiger charge is -2.35. The Morgan fingerprint density at radius 3 is 2.53 bits per heavy atom. The molecule has 2 N–H and O–H groups in total. The Morgan fingerprint density at radius 2 is 1.97 bits per heavy atom. The molecule has 1 aromatic rings. The Bertz CT molecular complexity index is 750. The van der Waals surface area contributed by atoms with Crippen molar-refractivity contribution in [1.29, 1.82) is 0 Å². The lowest BCUT2D eigenvalue weighted by molar-refractivity contribution is -0.192. The molecule has 2 saturated heterocycles. The Labute approximate surface area is 172 Å². The third-order valence-corrected chi connectivity index (χ3v) is 5.60. The van der Waals surface area contributed by atoms with E-state index in [1.807, 2.05) is 17.9 Å². The number of nitrogens with zero attached hydrogens (tertiary/aromatic N) is 3. The highest BCUT2D eigenvalue weighted by Gasteiger charge is 2.42. The predicted molar refractivity (Wildman–Crippen MR) is 99.3 cm³/mol. The first-order chi connectivity index (χ1) is 14.1. The van der Waals surface area contributed by atoms with Crippen LogP contribution in [0.4, 0.5) is 13.2 Å². The maximum atomic E-state index is 12.2. The van der Waals surface area contributed by atoms with E-state index in [0.717, 1.165) is 44.8 Å². The SMILES string of the molecule is Cn1cc(CN2CC[C@H]3O[C@H](C(=O)NCC4CC4)CC[C@H]32)cn1.O=C(O)C(F)(F)F. The second-order valence-corrected chi connectivity index (χ2v) is 8.08. The summed E-state index contributed by atoms with van der Waals surface area (Å²) in [6.07, 6.45) is 4.33. The van der Waals surface area contributed by atoms with Crippen molar-refractivity contribution in [3.63, 3.8) is 0 Å². The number of alkyl halides is 3. The average molecular weight is 432 g/mol. The first kappa shape index (κ1) is 22.5. The van der Waals surface area contributed by atoms with Crippen LogP contribution in [0, 0.1) is 5.92 Å². The molecule has 3 atom stereocenters. The van der Waals surface area contributed by atoms with Gasteiger partial charge in [-0.25, -0.2) is 4.79 Å². The predicted octanol–water partition coefficient (Wildman–Crippen LogP) is 1.70. The van der Waals surface area contributed by atoms with Gasteiger partial charge >= 0.3 is 12.1 Å². The fraction of sp³-hybridized carbons (Fsp3) is 0.737. The second-order valence-electron chi connectivity index (χ2n) is 8.08. The maximum absolute atomic E-state index is 12.2. The van der Waals surface area contributed by atoms with E-state index in [1.165, 1.54) is 18.4 Å². The van der Waals surface area contributed by atoms with E-state index in [1.54, 1.807) is 0 Å². The molecule has 0 spiro atoms. The molecule has 2 aliphatic heterocycles. The molecule has 8 nitrogen and oxygen atoms in total. The highest BCUT2D eigenvalue weighted by molar-refractivity contribution is 5.80. The number of hydrogen-bond acceptors (Lipinski definition) is 5. The smallest absolute Gasteiger partial charge is 0.475 e. The van der Waals surface area contributed by atoms with Gasteiger partial charge in [0.2, 0.25) is 5.91 Å². The van der Waals surface area contributed by atoms with E-state index in [4.69, 9.17) is 14.6 Å². The highest BCUT2D eigenvalue weighted by atomic mass is 19.4. The van der Waals surface area contributed by atoms with E-state index in [0.29, 0.717) is 6.04 Å². The van der Waals surface area contributed by atoms with Crippen LogP contribution >= 0.6 is 0 Å². The lowest BCUT2D eigenvalue weighted by Crippen LogP contribution is -2.47. The zero-order valence-corrected chi connectivity index (χ0v) is 16.8. The van der Waals surface area contributed by atoms with E-state index < -0.39 is 12.1 Å². The number of aromatic nitrogens is 2. The summed E-state index contributed by atoms with van der Waals surface area (Å²) in [5.74, 6) is -1.94. The van der Waals surface area contributed by atoms with Crippen molar-refractivity contribution in [3.8, 4) is 0 Å². The molecular formula is C19H27F3N4O4. The second kappa shape index (κ2) is 9.34. The van der Waals surface area contributed by atoms with E-state index >= 15 is 0 Å². The normalized spacial score (nSPS) is 26.5. The van der Waals surface area contributed by atoms with Crippen molar-refractivity contribution >= 4 is 11.9 Å². The van der Waals surface area contributed by atoms with Crippen LogP contribution in [-0.4, -0.2) is 69.2 Å². The van der Waals surface area contributed by atoms with Crippen LogP contribution in [0.2, 0.25) is 0 Å².